The van der Waals surface area contributed by atoms with E-state index in [-0.39, 0.29) is 17.8 Å². The van der Waals surface area contributed by atoms with Crippen molar-refractivity contribution in [3.05, 3.63) is 72.3 Å². The van der Waals surface area contributed by atoms with Crippen molar-refractivity contribution in [2.45, 2.75) is 18.9 Å². The van der Waals surface area contributed by atoms with Crippen LogP contribution in [0.15, 0.2) is 60.9 Å². The van der Waals surface area contributed by atoms with Gasteiger partial charge in [0.05, 0.1) is 11.8 Å². The summed E-state index contributed by atoms with van der Waals surface area (Å²) in [6.45, 7) is 1.28. The fraction of sp³-hybridized carbons (Fsp3) is 0.227. The van der Waals surface area contributed by atoms with E-state index in [0.29, 0.717) is 23.6 Å². The predicted octanol–water partition coefficient (Wildman–Crippen LogP) is 3.94. The minimum Gasteiger partial charge on any atom is -0.376 e. The SMILES string of the molecule is O=C(NC[C@@H]1CCCO1)c1cccc(Nc2cc(-c3ccc(F)cc3)ncn2)c1. The number of nitrogens with one attached hydrogen (secondary N) is 2. The first kappa shape index (κ1) is 19.0. The van der Waals surface area contributed by atoms with Gasteiger partial charge < -0.3 is 15.4 Å². The van der Waals surface area contributed by atoms with Crippen LogP contribution in [-0.4, -0.2) is 35.1 Å². The molecule has 1 aromatic heterocycles. The normalized spacial score (nSPS) is 15.8. The first-order valence-corrected chi connectivity index (χ1v) is 9.52. The summed E-state index contributed by atoms with van der Waals surface area (Å²) in [5.41, 5.74) is 2.76. The van der Waals surface area contributed by atoms with Gasteiger partial charge in [-0.25, -0.2) is 14.4 Å². The molecule has 2 aromatic carbocycles. The molecule has 0 saturated carbocycles. The Hall–Kier alpha value is -3.32. The summed E-state index contributed by atoms with van der Waals surface area (Å²) in [6, 6.07) is 15.1. The van der Waals surface area contributed by atoms with Gasteiger partial charge in [-0.3, -0.25) is 4.79 Å². The molecule has 6 nitrogen and oxygen atoms in total. The lowest BCUT2D eigenvalue weighted by molar-refractivity contribution is 0.0858. The average molecular weight is 392 g/mol. The lowest BCUT2D eigenvalue weighted by Crippen LogP contribution is -2.31. The van der Waals surface area contributed by atoms with E-state index in [1.165, 1.54) is 18.5 Å². The lowest BCUT2D eigenvalue weighted by atomic mass is 10.1. The molecule has 1 fully saturated rings. The maximum absolute atomic E-state index is 13.1. The van der Waals surface area contributed by atoms with Crippen LogP contribution in [0.25, 0.3) is 11.3 Å². The van der Waals surface area contributed by atoms with Gasteiger partial charge in [0.25, 0.3) is 5.91 Å². The highest BCUT2D eigenvalue weighted by Crippen LogP contribution is 2.22. The Labute approximate surface area is 168 Å². The van der Waals surface area contributed by atoms with E-state index in [4.69, 9.17) is 4.74 Å². The quantitative estimate of drug-likeness (QED) is 0.665. The van der Waals surface area contributed by atoms with E-state index >= 15 is 0 Å². The molecule has 2 heterocycles. The molecule has 0 bridgehead atoms. The van der Waals surface area contributed by atoms with Crippen molar-refractivity contribution >= 4 is 17.4 Å². The summed E-state index contributed by atoms with van der Waals surface area (Å²) in [6.07, 6.45) is 3.57. The molecule has 29 heavy (non-hydrogen) atoms. The molecule has 148 valence electrons. The van der Waals surface area contributed by atoms with Crippen LogP contribution >= 0.6 is 0 Å². The second-order valence-corrected chi connectivity index (χ2v) is 6.85. The van der Waals surface area contributed by atoms with Crippen LogP contribution in [0, 0.1) is 5.82 Å². The molecule has 4 rings (SSSR count). The van der Waals surface area contributed by atoms with Gasteiger partial charge in [-0.1, -0.05) is 6.07 Å². The number of benzene rings is 2. The van der Waals surface area contributed by atoms with Crippen molar-refractivity contribution in [1.29, 1.82) is 0 Å². The van der Waals surface area contributed by atoms with Crippen LogP contribution in [0.1, 0.15) is 23.2 Å². The lowest BCUT2D eigenvalue weighted by Gasteiger charge is -2.12. The second-order valence-electron chi connectivity index (χ2n) is 6.85. The minimum absolute atomic E-state index is 0.103. The zero-order valence-electron chi connectivity index (χ0n) is 15.8. The van der Waals surface area contributed by atoms with E-state index < -0.39 is 0 Å². The van der Waals surface area contributed by atoms with Crippen molar-refractivity contribution in [3.8, 4) is 11.3 Å². The van der Waals surface area contributed by atoms with Crippen LogP contribution in [0.3, 0.4) is 0 Å². The van der Waals surface area contributed by atoms with E-state index in [1.807, 2.05) is 12.1 Å². The average Bonchev–Trinajstić information content (AvgIpc) is 3.27. The van der Waals surface area contributed by atoms with Gasteiger partial charge in [-0.2, -0.15) is 0 Å². The van der Waals surface area contributed by atoms with Crippen molar-refractivity contribution in [1.82, 2.24) is 15.3 Å². The number of nitrogens with zero attached hydrogens (tertiary/aromatic N) is 2. The van der Waals surface area contributed by atoms with Gasteiger partial charge in [0.2, 0.25) is 0 Å². The fourth-order valence-corrected chi connectivity index (χ4v) is 3.20. The van der Waals surface area contributed by atoms with E-state index in [0.717, 1.165) is 30.7 Å². The number of hydrogen-bond acceptors (Lipinski definition) is 5. The summed E-state index contributed by atoms with van der Waals surface area (Å²) in [5, 5.41) is 6.11. The Bertz CT molecular complexity index is 988. The topological polar surface area (TPSA) is 76.1 Å². The van der Waals surface area contributed by atoms with Crippen molar-refractivity contribution in [2.24, 2.45) is 0 Å². The summed E-state index contributed by atoms with van der Waals surface area (Å²) in [7, 11) is 0. The van der Waals surface area contributed by atoms with Gasteiger partial charge in [-0.05, 0) is 55.3 Å². The molecule has 2 N–H and O–H groups in total. The maximum atomic E-state index is 13.1. The van der Waals surface area contributed by atoms with E-state index in [9.17, 15) is 9.18 Å². The Balaban J connectivity index is 1.44. The Morgan fingerprint density at radius 1 is 1.14 bits per heavy atom. The van der Waals surface area contributed by atoms with Gasteiger partial charge in [0, 0.05) is 36.0 Å². The van der Waals surface area contributed by atoms with Crippen LogP contribution in [0.4, 0.5) is 15.9 Å². The van der Waals surface area contributed by atoms with Gasteiger partial charge in [0.15, 0.2) is 0 Å². The molecule has 1 atom stereocenters. The maximum Gasteiger partial charge on any atom is 0.251 e. The summed E-state index contributed by atoms with van der Waals surface area (Å²) in [5.74, 6) is 0.144. The molecular formula is C22H21FN4O2. The Kier molecular flexibility index (Phi) is 5.76. The van der Waals surface area contributed by atoms with Crippen molar-refractivity contribution in [3.63, 3.8) is 0 Å². The molecule has 0 spiro atoms. The van der Waals surface area contributed by atoms with Gasteiger partial charge in [-0.15, -0.1) is 0 Å². The molecule has 1 saturated heterocycles. The molecule has 7 heteroatoms. The highest BCUT2D eigenvalue weighted by Gasteiger charge is 2.16. The predicted molar refractivity (Wildman–Crippen MR) is 108 cm³/mol. The van der Waals surface area contributed by atoms with Crippen molar-refractivity contribution < 1.29 is 13.9 Å². The van der Waals surface area contributed by atoms with Crippen LogP contribution in [0.5, 0.6) is 0 Å². The standard InChI is InChI=1S/C22H21FN4O2/c23-17-8-6-15(7-9-17)20-12-21(26-14-25-20)27-18-4-1-3-16(11-18)22(28)24-13-19-5-2-10-29-19/h1,3-4,6-9,11-12,14,19H,2,5,10,13H2,(H,24,28)(H,25,26,27)/t19-/m0/s1. The summed E-state index contributed by atoms with van der Waals surface area (Å²) < 4.78 is 18.7. The number of aromatic nitrogens is 2. The van der Waals surface area contributed by atoms with Gasteiger partial charge in [0.1, 0.15) is 18.0 Å². The number of ether oxygens (including phenoxy) is 1. The number of amides is 1. The molecule has 1 aliphatic heterocycles. The van der Waals surface area contributed by atoms with E-state index in [2.05, 4.69) is 20.6 Å². The number of halogens is 1. The number of hydrogen-bond donors (Lipinski definition) is 2. The molecular weight excluding hydrogens is 371 g/mol. The number of anilines is 2. The first-order chi connectivity index (χ1) is 14.2. The highest BCUT2D eigenvalue weighted by molar-refractivity contribution is 5.95. The monoisotopic (exact) mass is 392 g/mol. The minimum atomic E-state index is -0.296. The zero-order valence-corrected chi connectivity index (χ0v) is 15.8. The number of carbonyl (C=O) groups is 1. The smallest absolute Gasteiger partial charge is 0.251 e. The fourth-order valence-electron chi connectivity index (χ4n) is 3.20. The van der Waals surface area contributed by atoms with Crippen molar-refractivity contribution in [2.75, 3.05) is 18.5 Å². The Morgan fingerprint density at radius 3 is 2.79 bits per heavy atom. The molecule has 0 aliphatic carbocycles. The number of carbonyl (C=O) groups excluding carboxylic acids is 1. The third kappa shape index (κ3) is 4.94. The largest absolute Gasteiger partial charge is 0.376 e. The third-order valence-corrected chi connectivity index (χ3v) is 4.72. The second kappa shape index (κ2) is 8.79. The van der Waals surface area contributed by atoms with Gasteiger partial charge >= 0.3 is 0 Å². The van der Waals surface area contributed by atoms with Crippen LogP contribution in [0.2, 0.25) is 0 Å². The molecule has 0 radical (unpaired) electrons. The molecule has 0 unspecified atom stereocenters. The highest BCUT2D eigenvalue weighted by atomic mass is 19.1. The summed E-state index contributed by atoms with van der Waals surface area (Å²) >= 11 is 0. The first-order valence-electron chi connectivity index (χ1n) is 9.52. The van der Waals surface area contributed by atoms with E-state index in [1.54, 1.807) is 30.3 Å². The third-order valence-electron chi connectivity index (χ3n) is 4.72. The number of rotatable bonds is 6. The zero-order chi connectivity index (χ0) is 20.1. The Morgan fingerprint density at radius 2 is 2.00 bits per heavy atom. The molecule has 3 aromatic rings. The summed E-state index contributed by atoms with van der Waals surface area (Å²) in [4.78, 5) is 20.9. The molecule has 1 aliphatic rings. The van der Waals surface area contributed by atoms with Crippen LogP contribution < -0.4 is 10.6 Å². The molecule has 1 amide bonds. The van der Waals surface area contributed by atoms with Crippen LogP contribution in [-0.2, 0) is 4.74 Å².